The molecule has 0 bridgehead atoms. The van der Waals surface area contributed by atoms with Crippen molar-refractivity contribution in [1.29, 1.82) is 0 Å². The molecule has 0 unspecified atom stereocenters. The molecule has 0 aliphatic carbocycles. The first-order chi connectivity index (χ1) is 7.75. The minimum atomic E-state index is -0.714. The van der Waals surface area contributed by atoms with Gasteiger partial charge in [-0.2, -0.15) is 0 Å². The highest BCUT2D eigenvalue weighted by molar-refractivity contribution is 5.69. The summed E-state index contributed by atoms with van der Waals surface area (Å²) in [4.78, 5) is 15.2. The van der Waals surface area contributed by atoms with Crippen LogP contribution in [0.25, 0.3) is 0 Å². The van der Waals surface area contributed by atoms with Crippen molar-refractivity contribution in [3.05, 3.63) is 0 Å². The Balaban J connectivity index is 1.80. The van der Waals surface area contributed by atoms with Crippen LogP contribution in [-0.2, 0) is 9.53 Å². The summed E-state index contributed by atoms with van der Waals surface area (Å²) in [5, 5.41) is 8.82. The molecule has 2 saturated heterocycles. The number of carboxylic acids is 1. The molecule has 0 amide bonds. The van der Waals surface area contributed by atoms with Gasteiger partial charge in [-0.15, -0.1) is 0 Å². The first kappa shape index (κ1) is 11.8. The van der Waals surface area contributed by atoms with Crippen molar-refractivity contribution in [3.63, 3.8) is 0 Å². The van der Waals surface area contributed by atoms with Crippen molar-refractivity contribution in [2.75, 3.05) is 45.9 Å². The average molecular weight is 228 g/mol. The van der Waals surface area contributed by atoms with Gasteiger partial charge in [-0.3, -0.25) is 14.6 Å². The maximum Gasteiger partial charge on any atom is 0.317 e. The van der Waals surface area contributed by atoms with Gasteiger partial charge < -0.3 is 9.84 Å². The van der Waals surface area contributed by atoms with Crippen LogP contribution in [0.3, 0.4) is 0 Å². The number of morpholine rings is 1. The van der Waals surface area contributed by atoms with Crippen molar-refractivity contribution in [2.24, 2.45) is 0 Å². The second-order valence-corrected chi connectivity index (χ2v) is 4.57. The Hall–Kier alpha value is -0.650. The second-order valence-electron chi connectivity index (χ2n) is 4.57. The van der Waals surface area contributed by atoms with Gasteiger partial charge in [-0.1, -0.05) is 0 Å². The van der Waals surface area contributed by atoms with Crippen LogP contribution in [0.4, 0.5) is 0 Å². The van der Waals surface area contributed by atoms with E-state index in [1.165, 1.54) is 0 Å². The summed E-state index contributed by atoms with van der Waals surface area (Å²) < 4.78 is 5.31. The number of ether oxygens (including phenoxy) is 1. The van der Waals surface area contributed by atoms with Gasteiger partial charge in [-0.05, 0) is 19.4 Å². The van der Waals surface area contributed by atoms with Crippen LogP contribution < -0.4 is 0 Å². The van der Waals surface area contributed by atoms with E-state index in [1.54, 1.807) is 0 Å². The van der Waals surface area contributed by atoms with Crippen LogP contribution in [0.15, 0.2) is 0 Å². The second kappa shape index (κ2) is 5.61. The molecular formula is C11H20N2O3. The van der Waals surface area contributed by atoms with E-state index in [0.29, 0.717) is 6.04 Å². The summed E-state index contributed by atoms with van der Waals surface area (Å²) in [5.74, 6) is -0.714. The van der Waals surface area contributed by atoms with E-state index in [9.17, 15) is 4.79 Å². The summed E-state index contributed by atoms with van der Waals surface area (Å²) >= 11 is 0. The molecule has 0 saturated carbocycles. The fourth-order valence-electron chi connectivity index (χ4n) is 2.57. The summed E-state index contributed by atoms with van der Waals surface area (Å²) in [6.07, 6.45) is 2.26. The molecular weight excluding hydrogens is 208 g/mol. The monoisotopic (exact) mass is 228 g/mol. The normalized spacial score (nSPS) is 28.4. The first-order valence-electron chi connectivity index (χ1n) is 6.01. The lowest BCUT2D eigenvalue weighted by Gasteiger charge is -2.32. The number of carbonyl (C=O) groups is 1. The number of likely N-dealkylation sites (tertiary alicyclic amines) is 1. The number of nitrogens with zero attached hydrogens (tertiary/aromatic N) is 2. The van der Waals surface area contributed by atoms with E-state index in [4.69, 9.17) is 9.84 Å². The third kappa shape index (κ3) is 3.17. The van der Waals surface area contributed by atoms with E-state index in [2.05, 4.69) is 9.80 Å². The number of rotatable bonds is 4. The Kier molecular flexibility index (Phi) is 4.15. The molecule has 5 heteroatoms. The van der Waals surface area contributed by atoms with Crippen molar-refractivity contribution < 1.29 is 14.6 Å². The smallest absolute Gasteiger partial charge is 0.317 e. The van der Waals surface area contributed by atoms with E-state index in [-0.39, 0.29) is 6.54 Å². The Bertz CT molecular complexity index is 241. The number of hydrogen-bond acceptors (Lipinski definition) is 4. The highest BCUT2D eigenvalue weighted by Gasteiger charge is 2.28. The predicted octanol–water partition coefficient (Wildman–Crippen LogP) is -0.132. The van der Waals surface area contributed by atoms with Crippen LogP contribution in [0, 0.1) is 0 Å². The van der Waals surface area contributed by atoms with Crippen LogP contribution >= 0.6 is 0 Å². The van der Waals surface area contributed by atoms with Gasteiger partial charge in [0.05, 0.1) is 19.8 Å². The third-order valence-electron chi connectivity index (χ3n) is 3.41. The standard InChI is InChI=1S/C11H20N2O3/c14-11(15)9-13-3-1-2-10(13)8-12-4-6-16-7-5-12/h10H,1-9H2,(H,14,15)/t10-/m0/s1. The van der Waals surface area contributed by atoms with Crippen LogP contribution in [-0.4, -0.2) is 72.9 Å². The molecule has 0 spiro atoms. The molecule has 16 heavy (non-hydrogen) atoms. The molecule has 92 valence electrons. The molecule has 2 fully saturated rings. The minimum absolute atomic E-state index is 0.189. The van der Waals surface area contributed by atoms with Crippen LogP contribution in [0.2, 0.25) is 0 Å². The summed E-state index contributed by atoms with van der Waals surface area (Å²) in [6, 6.07) is 0.425. The highest BCUT2D eigenvalue weighted by Crippen LogP contribution is 2.18. The molecule has 2 aliphatic rings. The molecule has 0 aromatic rings. The lowest BCUT2D eigenvalue weighted by molar-refractivity contribution is -0.138. The number of hydrogen-bond donors (Lipinski definition) is 1. The molecule has 1 atom stereocenters. The van der Waals surface area contributed by atoms with Crippen molar-refractivity contribution in [3.8, 4) is 0 Å². The zero-order valence-electron chi connectivity index (χ0n) is 9.60. The van der Waals surface area contributed by atoms with E-state index in [0.717, 1.165) is 52.2 Å². The Morgan fingerprint density at radius 3 is 2.75 bits per heavy atom. The van der Waals surface area contributed by atoms with Gasteiger partial charge >= 0.3 is 5.97 Å². The Morgan fingerprint density at radius 1 is 1.31 bits per heavy atom. The molecule has 0 aromatic heterocycles. The van der Waals surface area contributed by atoms with Gasteiger partial charge in [0, 0.05) is 25.7 Å². The average Bonchev–Trinajstić information content (AvgIpc) is 2.66. The fraction of sp³-hybridized carbons (Fsp3) is 0.909. The Morgan fingerprint density at radius 2 is 2.06 bits per heavy atom. The molecule has 2 rings (SSSR count). The lowest BCUT2D eigenvalue weighted by atomic mass is 10.2. The SMILES string of the molecule is O=C(O)CN1CCC[C@H]1CN1CCOCC1. The first-order valence-corrected chi connectivity index (χ1v) is 6.01. The van der Waals surface area contributed by atoms with E-state index >= 15 is 0 Å². The zero-order valence-corrected chi connectivity index (χ0v) is 9.60. The van der Waals surface area contributed by atoms with Gasteiger partial charge in [0.2, 0.25) is 0 Å². The number of aliphatic carboxylic acids is 1. The predicted molar refractivity (Wildman–Crippen MR) is 59.5 cm³/mol. The summed E-state index contributed by atoms with van der Waals surface area (Å²) in [5.41, 5.74) is 0. The van der Waals surface area contributed by atoms with Crippen molar-refractivity contribution in [1.82, 2.24) is 9.80 Å². The minimum Gasteiger partial charge on any atom is -0.480 e. The van der Waals surface area contributed by atoms with Gasteiger partial charge in [0.25, 0.3) is 0 Å². The molecule has 0 aromatic carbocycles. The van der Waals surface area contributed by atoms with Crippen LogP contribution in [0.5, 0.6) is 0 Å². The van der Waals surface area contributed by atoms with Crippen LogP contribution in [0.1, 0.15) is 12.8 Å². The largest absolute Gasteiger partial charge is 0.480 e. The van der Waals surface area contributed by atoms with Gasteiger partial charge in [-0.25, -0.2) is 0 Å². The Labute approximate surface area is 96.0 Å². The van der Waals surface area contributed by atoms with E-state index < -0.39 is 5.97 Å². The molecule has 2 heterocycles. The molecule has 0 radical (unpaired) electrons. The third-order valence-corrected chi connectivity index (χ3v) is 3.41. The van der Waals surface area contributed by atoms with Crippen molar-refractivity contribution >= 4 is 5.97 Å². The molecule has 2 aliphatic heterocycles. The topological polar surface area (TPSA) is 53.0 Å². The van der Waals surface area contributed by atoms with Gasteiger partial charge in [0.1, 0.15) is 0 Å². The fourth-order valence-corrected chi connectivity index (χ4v) is 2.57. The zero-order chi connectivity index (χ0) is 11.4. The molecule has 1 N–H and O–H groups in total. The quantitative estimate of drug-likeness (QED) is 0.726. The van der Waals surface area contributed by atoms with Crippen molar-refractivity contribution in [2.45, 2.75) is 18.9 Å². The maximum atomic E-state index is 10.7. The summed E-state index contributed by atoms with van der Waals surface area (Å²) in [7, 11) is 0. The maximum absolute atomic E-state index is 10.7. The summed E-state index contributed by atoms with van der Waals surface area (Å²) in [6.45, 7) is 5.71. The molecule has 5 nitrogen and oxygen atoms in total. The van der Waals surface area contributed by atoms with E-state index in [1.807, 2.05) is 0 Å². The number of carboxylic acid groups (broad SMARTS) is 1. The highest BCUT2D eigenvalue weighted by atomic mass is 16.5. The van der Waals surface area contributed by atoms with Gasteiger partial charge in [0.15, 0.2) is 0 Å². The lowest BCUT2D eigenvalue weighted by Crippen LogP contribution is -2.46.